The normalized spacial score (nSPS) is 10.2. The van der Waals surface area contributed by atoms with E-state index in [9.17, 15) is 4.79 Å². The minimum absolute atomic E-state index is 0.220. The standard InChI is InChI=1S/C10H12N4OS2/c1-2-12-10-14-8(11)7(17-10)9(15)13-6-3-4-16-5-6/h3-5H,2,11H2,1H3,(H,12,14)(H,13,15). The Bertz CT molecular complexity index is 506. The first-order valence-corrected chi connectivity index (χ1v) is 6.80. The Balaban J connectivity index is 2.13. The molecule has 4 N–H and O–H groups in total. The van der Waals surface area contributed by atoms with Crippen LogP contribution in [0.3, 0.4) is 0 Å². The summed E-state index contributed by atoms with van der Waals surface area (Å²) < 4.78 is 0. The number of anilines is 3. The van der Waals surface area contributed by atoms with Crippen molar-refractivity contribution in [3.63, 3.8) is 0 Å². The maximum atomic E-state index is 11.9. The van der Waals surface area contributed by atoms with Gasteiger partial charge in [0.15, 0.2) is 5.13 Å². The van der Waals surface area contributed by atoms with E-state index in [-0.39, 0.29) is 11.7 Å². The van der Waals surface area contributed by atoms with Crippen molar-refractivity contribution in [1.29, 1.82) is 0 Å². The Morgan fingerprint density at radius 1 is 1.59 bits per heavy atom. The summed E-state index contributed by atoms with van der Waals surface area (Å²) in [6.45, 7) is 2.71. The maximum absolute atomic E-state index is 11.9. The molecule has 2 rings (SSSR count). The van der Waals surface area contributed by atoms with Crippen LogP contribution in [-0.2, 0) is 0 Å². The molecule has 0 unspecified atom stereocenters. The van der Waals surface area contributed by atoms with Crippen molar-refractivity contribution in [2.24, 2.45) is 0 Å². The van der Waals surface area contributed by atoms with Gasteiger partial charge < -0.3 is 16.4 Å². The lowest BCUT2D eigenvalue weighted by Gasteiger charge is -1.99. The van der Waals surface area contributed by atoms with Crippen LogP contribution in [0, 0.1) is 0 Å². The van der Waals surface area contributed by atoms with Gasteiger partial charge in [0.05, 0.1) is 5.69 Å². The minimum Gasteiger partial charge on any atom is -0.382 e. The largest absolute Gasteiger partial charge is 0.382 e. The van der Waals surface area contributed by atoms with Gasteiger partial charge >= 0.3 is 0 Å². The summed E-state index contributed by atoms with van der Waals surface area (Å²) in [5.41, 5.74) is 6.48. The second-order valence-corrected chi connectivity index (χ2v) is 5.01. The second-order valence-electron chi connectivity index (χ2n) is 3.23. The number of nitrogens with zero attached hydrogens (tertiary/aromatic N) is 1. The lowest BCUT2D eigenvalue weighted by atomic mass is 10.4. The number of amides is 1. The molecule has 0 spiro atoms. The maximum Gasteiger partial charge on any atom is 0.269 e. The van der Waals surface area contributed by atoms with E-state index >= 15 is 0 Å². The van der Waals surface area contributed by atoms with Crippen molar-refractivity contribution in [2.45, 2.75) is 6.92 Å². The molecule has 0 bridgehead atoms. The van der Waals surface area contributed by atoms with Crippen LogP contribution < -0.4 is 16.4 Å². The number of nitrogens with one attached hydrogen (secondary N) is 2. The predicted octanol–water partition coefficient (Wildman–Crippen LogP) is 2.47. The van der Waals surface area contributed by atoms with Crippen LogP contribution in [0.1, 0.15) is 16.6 Å². The molecule has 0 saturated carbocycles. The topological polar surface area (TPSA) is 80.0 Å². The molecule has 0 atom stereocenters. The molecule has 2 aromatic rings. The summed E-state index contributed by atoms with van der Waals surface area (Å²) in [7, 11) is 0. The number of carbonyl (C=O) groups excluding carboxylic acids is 1. The van der Waals surface area contributed by atoms with Crippen molar-refractivity contribution in [1.82, 2.24) is 4.98 Å². The van der Waals surface area contributed by atoms with Gasteiger partial charge in [0.2, 0.25) is 0 Å². The van der Waals surface area contributed by atoms with Crippen LogP contribution in [0.5, 0.6) is 0 Å². The lowest BCUT2D eigenvalue weighted by Crippen LogP contribution is -2.11. The van der Waals surface area contributed by atoms with Crippen LogP contribution in [-0.4, -0.2) is 17.4 Å². The van der Waals surface area contributed by atoms with E-state index in [0.29, 0.717) is 10.0 Å². The van der Waals surface area contributed by atoms with Gasteiger partial charge in [0, 0.05) is 11.9 Å². The number of rotatable bonds is 4. The average Bonchev–Trinajstić information content (AvgIpc) is 2.88. The van der Waals surface area contributed by atoms with Crippen molar-refractivity contribution in [3.05, 3.63) is 21.7 Å². The first-order chi connectivity index (χ1) is 8.20. The molecule has 7 heteroatoms. The molecule has 2 heterocycles. The van der Waals surface area contributed by atoms with Crippen molar-refractivity contribution in [2.75, 3.05) is 22.9 Å². The first-order valence-electron chi connectivity index (χ1n) is 5.04. The number of hydrogen-bond donors (Lipinski definition) is 3. The number of aromatic nitrogens is 1. The molecule has 5 nitrogen and oxygen atoms in total. The Morgan fingerprint density at radius 2 is 2.41 bits per heavy atom. The Morgan fingerprint density at radius 3 is 3.06 bits per heavy atom. The third-order valence-electron chi connectivity index (χ3n) is 1.97. The summed E-state index contributed by atoms with van der Waals surface area (Å²) in [6.07, 6.45) is 0. The fourth-order valence-electron chi connectivity index (χ4n) is 1.24. The molecule has 0 radical (unpaired) electrons. The van der Waals surface area contributed by atoms with Gasteiger partial charge in [0.1, 0.15) is 10.7 Å². The highest BCUT2D eigenvalue weighted by molar-refractivity contribution is 7.18. The number of carbonyl (C=O) groups is 1. The predicted molar refractivity (Wildman–Crippen MR) is 73.0 cm³/mol. The smallest absolute Gasteiger partial charge is 0.269 e. The number of nitrogens with two attached hydrogens (primary N) is 1. The molecule has 0 aliphatic rings. The fourth-order valence-corrected chi connectivity index (χ4v) is 2.68. The summed E-state index contributed by atoms with van der Waals surface area (Å²) in [6, 6.07) is 1.84. The van der Waals surface area contributed by atoms with Crippen LogP contribution in [0.2, 0.25) is 0 Å². The number of thiophene rings is 1. The fraction of sp³-hybridized carbons (Fsp3) is 0.200. The average molecular weight is 268 g/mol. The molecule has 0 aromatic carbocycles. The monoisotopic (exact) mass is 268 g/mol. The SMILES string of the molecule is CCNc1nc(N)c(C(=O)Nc2ccsc2)s1. The number of thiazole rings is 1. The molecule has 1 amide bonds. The molecule has 90 valence electrons. The number of hydrogen-bond acceptors (Lipinski definition) is 6. The second kappa shape index (κ2) is 5.15. The molecule has 0 saturated heterocycles. The van der Waals surface area contributed by atoms with Crippen molar-refractivity contribution >= 4 is 45.2 Å². The highest BCUT2D eigenvalue weighted by Crippen LogP contribution is 2.26. The van der Waals surface area contributed by atoms with Crippen LogP contribution in [0.25, 0.3) is 0 Å². The molecular formula is C10H12N4OS2. The van der Waals surface area contributed by atoms with Crippen molar-refractivity contribution < 1.29 is 4.79 Å². The zero-order valence-electron chi connectivity index (χ0n) is 9.19. The van der Waals surface area contributed by atoms with Crippen molar-refractivity contribution in [3.8, 4) is 0 Å². The van der Waals surface area contributed by atoms with Crippen LogP contribution in [0.15, 0.2) is 16.8 Å². The van der Waals surface area contributed by atoms with E-state index < -0.39 is 0 Å². The summed E-state index contributed by atoms with van der Waals surface area (Å²) in [5.74, 6) is 0.0428. The van der Waals surface area contributed by atoms with Gasteiger partial charge in [-0.25, -0.2) is 4.98 Å². The zero-order valence-corrected chi connectivity index (χ0v) is 10.8. The molecule has 0 aliphatic carbocycles. The van der Waals surface area contributed by atoms with E-state index in [1.54, 1.807) is 0 Å². The third-order valence-corrected chi connectivity index (χ3v) is 3.68. The Labute approximate surface area is 107 Å². The lowest BCUT2D eigenvalue weighted by molar-refractivity contribution is 0.103. The van der Waals surface area contributed by atoms with E-state index in [1.807, 2.05) is 23.8 Å². The molecule has 0 aliphatic heterocycles. The third kappa shape index (κ3) is 2.75. The molecule has 17 heavy (non-hydrogen) atoms. The minimum atomic E-state index is -0.220. The highest BCUT2D eigenvalue weighted by atomic mass is 32.1. The van der Waals surface area contributed by atoms with E-state index in [4.69, 9.17) is 5.73 Å². The quantitative estimate of drug-likeness (QED) is 0.795. The zero-order chi connectivity index (χ0) is 12.3. The molecular weight excluding hydrogens is 256 g/mol. The summed E-state index contributed by atoms with van der Waals surface area (Å²) in [4.78, 5) is 16.4. The highest BCUT2D eigenvalue weighted by Gasteiger charge is 2.16. The van der Waals surface area contributed by atoms with E-state index in [1.165, 1.54) is 22.7 Å². The summed E-state index contributed by atoms with van der Waals surface area (Å²) in [5, 5.41) is 10.2. The Hall–Kier alpha value is -1.60. The molecule has 0 fully saturated rings. The van der Waals surface area contributed by atoms with Gasteiger partial charge in [-0.15, -0.1) is 0 Å². The molecule has 2 aromatic heterocycles. The van der Waals surface area contributed by atoms with Gasteiger partial charge in [-0.2, -0.15) is 11.3 Å². The first kappa shape index (κ1) is 11.9. The summed E-state index contributed by atoms with van der Waals surface area (Å²) >= 11 is 2.78. The van der Waals surface area contributed by atoms with Gasteiger partial charge in [-0.3, -0.25) is 4.79 Å². The Kier molecular flexibility index (Phi) is 3.60. The van der Waals surface area contributed by atoms with Gasteiger partial charge in [-0.1, -0.05) is 11.3 Å². The van der Waals surface area contributed by atoms with Gasteiger partial charge in [-0.05, 0) is 18.4 Å². The van der Waals surface area contributed by atoms with E-state index in [0.717, 1.165) is 12.2 Å². The van der Waals surface area contributed by atoms with E-state index in [2.05, 4.69) is 15.6 Å². The van der Waals surface area contributed by atoms with Gasteiger partial charge in [0.25, 0.3) is 5.91 Å². The van der Waals surface area contributed by atoms with Crippen LogP contribution in [0.4, 0.5) is 16.6 Å². The van der Waals surface area contributed by atoms with Crippen LogP contribution >= 0.6 is 22.7 Å². The number of nitrogen functional groups attached to an aromatic ring is 1.